The summed E-state index contributed by atoms with van der Waals surface area (Å²) in [5, 5.41) is 16.2. The quantitative estimate of drug-likeness (QED) is 0.226. The molecule has 4 heterocycles. The van der Waals surface area contributed by atoms with Gasteiger partial charge in [-0.15, -0.1) is 34.2 Å². The van der Waals surface area contributed by atoms with Gasteiger partial charge in [0.1, 0.15) is 11.6 Å². The summed E-state index contributed by atoms with van der Waals surface area (Å²) < 4.78 is 2.36. The zero-order chi connectivity index (χ0) is 22.5. The van der Waals surface area contributed by atoms with Gasteiger partial charge in [-0.05, 0) is 50.5 Å². The molecule has 0 radical (unpaired) electrons. The number of hydrogen-bond acceptors (Lipinski definition) is 4. The van der Waals surface area contributed by atoms with Gasteiger partial charge in [0.25, 0.3) is 0 Å². The fourth-order valence-electron chi connectivity index (χ4n) is 6.02. The van der Waals surface area contributed by atoms with Crippen LogP contribution in [0.2, 0.25) is 0 Å². The van der Waals surface area contributed by atoms with Crippen LogP contribution in [0.25, 0.3) is 0 Å². The van der Waals surface area contributed by atoms with Crippen LogP contribution in [0.1, 0.15) is 68.6 Å². The van der Waals surface area contributed by atoms with E-state index in [9.17, 15) is 0 Å². The Morgan fingerprint density at radius 2 is 1.85 bits per heavy atom. The third-order valence-electron chi connectivity index (χ3n) is 7.71. The van der Waals surface area contributed by atoms with Crippen molar-refractivity contribution in [3.8, 4) is 0 Å². The van der Waals surface area contributed by atoms with Crippen LogP contribution in [0.3, 0.4) is 0 Å². The maximum atomic E-state index is 4.50. The number of hydrogen-bond donors (Lipinski definition) is 2. The second-order valence-electron chi connectivity index (χ2n) is 9.95. The summed E-state index contributed by atoms with van der Waals surface area (Å²) in [6.45, 7) is 3.07. The molecule has 2 saturated heterocycles. The van der Waals surface area contributed by atoms with Crippen molar-refractivity contribution in [2.75, 3.05) is 13.6 Å². The standard InChI is InChI=1S/C26H39N7.HI/c1-27-26(28-15-8-12-25-31-30-24-11-6-3-7-16-32(24)25)29-21-17-22-13-14-23(18-21)33(22)19-20-9-4-2-5-10-20;/h2,4-5,9-10,21-23H,3,6-8,11-19H2,1H3,(H2,27,28,29);1H. The van der Waals surface area contributed by atoms with E-state index in [1.165, 1.54) is 56.3 Å². The molecule has 2 fully saturated rings. The van der Waals surface area contributed by atoms with Crippen molar-refractivity contribution in [2.45, 2.75) is 95.4 Å². The molecule has 1 aromatic heterocycles. The number of fused-ring (bicyclic) bond motifs is 3. The van der Waals surface area contributed by atoms with Crippen molar-refractivity contribution in [3.05, 3.63) is 47.5 Å². The molecule has 186 valence electrons. The van der Waals surface area contributed by atoms with Crippen LogP contribution in [0.4, 0.5) is 0 Å². The van der Waals surface area contributed by atoms with Crippen molar-refractivity contribution in [2.24, 2.45) is 4.99 Å². The molecule has 34 heavy (non-hydrogen) atoms. The first kappa shape index (κ1) is 25.4. The van der Waals surface area contributed by atoms with E-state index >= 15 is 0 Å². The molecule has 2 unspecified atom stereocenters. The Labute approximate surface area is 221 Å². The van der Waals surface area contributed by atoms with Crippen molar-refractivity contribution in [3.63, 3.8) is 0 Å². The van der Waals surface area contributed by atoms with E-state index in [1.54, 1.807) is 0 Å². The summed E-state index contributed by atoms with van der Waals surface area (Å²) in [6.07, 6.45) is 11.9. The number of benzene rings is 1. The Morgan fingerprint density at radius 1 is 1.06 bits per heavy atom. The van der Waals surface area contributed by atoms with Crippen LogP contribution in [0, 0.1) is 0 Å². The summed E-state index contributed by atoms with van der Waals surface area (Å²) in [7, 11) is 1.88. The number of piperidine rings is 1. The predicted molar refractivity (Wildman–Crippen MR) is 148 cm³/mol. The van der Waals surface area contributed by atoms with Gasteiger partial charge in [0.15, 0.2) is 5.96 Å². The van der Waals surface area contributed by atoms with Crippen molar-refractivity contribution in [1.29, 1.82) is 0 Å². The van der Waals surface area contributed by atoms with E-state index < -0.39 is 0 Å². The van der Waals surface area contributed by atoms with E-state index in [0.717, 1.165) is 50.7 Å². The van der Waals surface area contributed by atoms with E-state index in [0.29, 0.717) is 18.1 Å². The fourth-order valence-corrected chi connectivity index (χ4v) is 6.02. The van der Waals surface area contributed by atoms with E-state index in [1.807, 2.05) is 7.05 Å². The predicted octanol–water partition coefficient (Wildman–Crippen LogP) is 3.92. The number of rotatable bonds is 7. The minimum absolute atomic E-state index is 0. The maximum absolute atomic E-state index is 4.50. The van der Waals surface area contributed by atoms with E-state index in [-0.39, 0.29) is 24.0 Å². The Kier molecular flexibility index (Phi) is 9.22. The molecular weight excluding hydrogens is 537 g/mol. The number of nitrogens with zero attached hydrogens (tertiary/aromatic N) is 5. The van der Waals surface area contributed by atoms with Crippen LogP contribution >= 0.6 is 24.0 Å². The molecule has 8 heteroatoms. The SMILES string of the molecule is CN=C(NCCCc1nnc2n1CCCCC2)NC1CC2CCC(C1)N2Cc1ccccc1.I. The van der Waals surface area contributed by atoms with Gasteiger partial charge in [-0.25, -0.2) is 0 Å². The number of nitrogens with one attached hydrogen (secondary N) is 2. The van der Waals surface area contributed by atoms with Crippen LogP contribution < -0.4 is 10.6 Å². The number of aliphatic imine (C=N–C) groups is 1. The topological polar surface area (TPSA) is 70.4 Å². The monoisotopic (exact) mass is 577 g/mol. The molecule has 3 aliphatic rings. The highest BCUT2D eigenvalue weighted by Crippen LogP contribution is 2.36. The van der Waals surface area contributed by atoms with Gasteiger partial charge in [-0.2, -0.15) is 0 Å². The summed E-state index contributed by atoms with van der Waals surface area (Å²) in [5.41, 5.74) is 1.43. The van der Waals surface area contributed by atoms with Crippen molar-refractivity contribution < 1.29 is 0 Å². The molecule has 2 bridgehead atoms. The summed E-state index contributed by atoms with van der Waals surface area (Å²) >= 11 is 0. The largest absolute Gasteiger partial charge is 0.356 e. The lowest BCUT2D eigenvalue weighted by Crippen LogP contribution is -2.52. The maximum Gasteiger partial charge on any atom is 0.191 e. The zero-order valence-electron chi connectivity index (χ0n) is 20.5. The van der Waals surface area contributed by atoms with Gasteiger partial charge in [-0.3, -0.25) is 9.89 Å². The molecule has 1 aromatic carbocycles. The van der Waals surface area contributed by atoms with Gasteiger partial charge < -0.3 is 15.2 Å². The Hall–Kier alpha value is -1.68. The van der Waals surface area contributed by atoms with Crippen molar-refractivity contribution in [1.82, 2.24) is 30.3 Å². The fraction of sp³-hybridized carbons (Fsp3) is 0.654. The summed E-state index contributed by atoms with van der Waals surface area (Å²) in [6, 6.07) is 12.8. The smallest absolute Gasteiger partial charge is 0.191 e. The molecule has 0 amide bonds. The first-order valence-corrected chi connectivity index (χ1v) is 13.0. The average molecular weight is 578 g/mol. The van der Waals surface area contributed by atoms with Gasteiger partial charge in [-0.1, -0.05) is 36.8 Å². The van der Waals surface area contributed by atoms with Crippen LogP contribution in [-0.2, 0) is 25.9 Å². The van der Waals surface area contributed by atoms with Crippen LogP contribution in [0.5, 0.6) is 0 Å². The Balaban J connectivity index is 0.00000274. The van der Waals surface area contributed by atoms with Crippen LogP contribution in [-0.4, -0.2) is 57.3 Å². The number of guanidine groups is 1. The number of aromatic nitrogens is 3. The van der Waals surface area contributed by atoms with Gasteiger partial charge in [0.2, 0.25) is 0 Å². The number of halogens is 1. The lowest BCUT2D eigenvalue weighted by molar-refractivity contribution is 0.114. The molecule has 7 nitrogen and oxygen atoms in total. The normalized spacial score (nSPS) is 24.7. The van der Waals surface area contributed by atoms with E-state index in [2.05, 4.69) is 65.6 Å². The highest BCUT2D eigenvalue weighted by Gasteiger charge is 2.40. The summed E-state index contributed by atoms with van der Waals surface area (Å²) in [5.74, 6) is 3.27. The Bertz CT molecular complexity index is 914. The highest BCUT2D eigenvalue weighted by atomic mass is 127. The molecule has 2 atom stereocenters. The second kappa shape index (κ2) is 12.3. The third kappa shape index (κ3) is 6.11. The van der Waals surface area contributed by atoms with E-state index in [4.69, 9.17) is 0 Å². The first-order valence-electron chi connectivity index (χ1n) is 13.0. The summed E-state index contributed by atoms with van der Waals surface area (Å²) in [4.78, 5) is 7.25. The molecule has 0 spiro atoms. The molecule has 5 rings (SSSR count). The van der Waals surface area contributed by atoms with Gasteiger partial charge in [0, 0.05) is 57.6 Å². The molecular formula is C26H40IN7. The minimum Gasteiger partial charge on any atom is -0.356 e. The molecule has 2 aromatic rings. The highest BCUT2D eigenvalue weighted by molar-refractivity contribution is 14.0. The van der Waals surface area contributed by atoms with Crippen LogP contribution in [0.15, 0.2) is 35.3 Å². The Morgan fingerprint density at radius 3 is 2.62 bits per heavy atom. The average Bonchev–Trinajstić information content (AvgIpc) is 3.20. The number of aryl methyl sites for hydroxylation is 2. The second-order valence-corrected chi connectivity index (χ2v) is 9.95. The molecule has 3 aliphatic heterocycles. The minimum atomic E-state index is 0. The van der Waals surface area contributed by atoms with Gasteiger partial charge >= 0.3 is 0 Å². The van der Waals surface area contributed by atoms with Crippen molar-refractivity contribution >= 4 is 29.9 Å². The molecule has 0 aliphatic carbocycles. The third-order valence-corrected chi connectivity index (χ3v) is 7.71. The van der Waals surface area contributed by atoms with Gasteiger partial charge in [0.05, 0.1) is 0 Å². The molecule has 2 N–H and O–H groups in total. The lowest BCUT2D eigenvalue weighted by atomic mass is 9.96. The molecule has 0 saturated carbocycles. The first-order chi connectivity index (χ1) is 16.3. The lowest BCUT2D eigenvalue weighted by Gasteiger charge is -2.39. The zero-order valence-corrected chi connectivity index (χ0v) is 22.8.